The quantitative estimate of drug-likeness (QED) is 0.447. The Kier molecular flexibility index (Phi) is 13.3. The Labute approximate surface area is 38.3 Å². The molecule has 0 aromatic heterocycles. The lowest BCUT2D eigenvalue weighted by Gasteiger charge is -1.64. The largest absolute Gasteiger partial charge is 0.412 e. The second-order valence-electron chi connectivity index (χ2n) is 0.813. The molecule has 1 heteroatoms. The van der Waals surface area contributed by atoms with E-state index in [9.17, 15) is 0 Å². The topological polar surface area (TPSA) is 31.5 Å². The number of hydrogen-bond donors (Lipinski definition) is 0. The van der Waals surface area contributed by atoms with Crippen LogP contribution in [0.1, 0.15) is 6.42 Å². The van der Waals surface area contributed by atoms with E-state index in [-0.39, 0.29) is 5.48 Å². The highest BCUT2D eigenvalue weighted by Crippen LogP contribution is 1.73. The van der Waals surface area contributed by atoms with Crippen molar-refractivity contribution in [1.29, 1.82) is 0 Å². The highest BCUT2D eigenvalue weighted by molar-refractivity contribution is 4.79. The van der Waals surface area contributed by atoms with Crippen LogP contribution < -0.4 is 0 Å². The second kappa shape index (κ2) is 8.83. The van der Waals surface area contributed by atoms with Crippen LogP contribution >= 0.6 is 0 Å². The third-order valence-corrected chi connectivity index (χ3v) is 0.333. The minimum absolute atomic E-state index is 0. The first-order chi connectivity index (χ1) is 2.41. The normalized spacial score (nSPS) is 5.33. The SMILES string of the molecule is C=CCC=C.O. The van der Waals surface area contributed by atoms with Gasteiger partial charge in [-0.2, -0.15) is 0 Å². The summed E-state index contributed by atoms with van der Waals surface area (Å²) in [5, 5.41) is 0. The van der Waals surface area contributed by atoms with E-state index < -0.39 is 0 Å². The van der Waals surface area contributed by atoms with E-state index in [1.807, 2.05) is 12.2 Å². The van der Waals surface area contributed by atoms with E-state index >= 15 is 0 Å². The molecule has 0 amide bonds. The summed E-state index contributed by atoms with van der Waals surface area (Å²) in [6.45, 7) is 6.96. The number of hydrogen-bond acceptors (Lipinski definition) is 0. The van der Waals surface area contributed by atoms with Crippen LogP contribution in [-0.4, -0.2) is 5.48 Å². The Hall–Kier alpha value is -0.560. The van der Waals surface area contributed by atoms with Gasteiger partial charge in [0.1, 0.15) is 0 Å². The van der Waals surface area contributed by atoms with Crippen LogP contribution in [0.15, 0.2) is 25.3 Å². The average molecular weight is 86.1 g/mol. The fraction of sp³-hybridized carbons (Fsp3) is 0.200. The summed E-state index contributed by atoms with van der Waals surface area (Å²) in [4.78, 5) is 0. The van der Waals surface area contributed by atoms with Gasteiger partial charge in [0, 0.05) is 0 Å². The van der Waals surface area contributed by atoms with Crippen molar-refractivity contribution in [3.8, 4) is 0 Å². The monoisotopic (exact) mass is 86.1 g/mol. The molecule has 0 aliphatic carbocycles. The number of rotatable bonds is 2. The van der Waals surface area contributed by atoms with Gasteiger partial charge in [0.15, 0.2) is 0 Å². The first-order valence-electron chi connectivity index (χ1n) is 1.63. The van der Waals surface area contributed by atoms with Gasteiger partial charge >= 0.3 is 0 Å². The van der Waals surface area contributed by atoms with Crippen molar-refractivity contribution in [3.63, 3.8) is 0 Å². The molecule has 0 saturated carbocycles. The molecular formula is C5H10O. The van der Waals surface area contributed by atoms with Crippen LogP contribution in [0.2, 0.25) is 0 Å². The lowest BCUT2D eigenvalue weighted by molar-refractivity contribution is 0.824. The molecule has 6 heavy (non-hydrogen) atoms. The molecule has 0 bridgehead atoms. The molecule has 2 N–H and O–H groups in total. The van der Waals surface area contributed by atoms with Crippen LogP contribution in [0.4, 0.5) is 0 Å². The van der Waals surface area contributed by atoms with Gasteiger partial charge in [-0.15, -0.1) is 13.2 Å². The molecule has 1 nitrogen and oxygen atoms in total. The average Bonchev–Trinajstić information content (AvgIpc) is 1.41. The zero-order chi connectivity index (χ0) is 4.12. The van der Waals surface area contributed by atoms with Gasteiger partial charge < -0.3 is 5.48 Å². The van der Waals surface area contributed by atoms with Crippen LogP contribution in [-0.2, 0) is 0 Å². The van der Waals surface area contributed by atoms with Gasteiger partial charge in [0.25, 0.3) is 0 Å². The summed E-state index contributed by atoms with van der Waals surface area (Å²) in [7, 11) is 0. The predicted octanol–water partition coefficient (Wildman–Crippen LogP) is 0.924. The van der Waals surface area contributed by atoms with Gasteiger partial charge in [-0.1, -0.05) is 12.2 Å². The molecular weight excluding hydrogens is 76.1 g/mol. The minimum Gasteiger partial charge on any atom is -0.412 e. The summed E-state index contributed by atoms with van der Waals surface area (Å²) in [5.41, 5.74) is 0. The van der Waals surface area contributed by atoms with Gasteiger partial charge in [-0.3, -0.25) is 0 Å². The zero-order valence-electron chi connectivity index (χ0n) is 3.78. The molecule has 0 aliphatic heterocycles. The molecule has 0 spiro atoms. The molecule has 0 radical (unpaired) electrons. The Morgan fingerprint density at radius 2 is 1.50 bits per heavy atom. The molecule has 0 fully saturated rings. The molecule has 0 atom stereocenters. The Morgan fingerprint density at radius 1 is 1.17 bits per heavy atom. The third-order valence-electron chi connectivity index (χ3n) is 0.333. The second-order valence-corrected chi connectivity index (χ2v) is 0.813. The van der Waals surface area contributed by atoms with Crippen molar-refractivity contribution in [2.75, 3.05) is 0 Å². The molecule has 36 valence electrons. The Bertz CT molecular complexity index is 33.2. The van der Waals surface area contributed by atoms with E-state index in [1.165, 1.54) is 0 Å². The predicted molar refractivity (Wildman–Crippen MR) is 28.6 cm³/mol. The summed E-state index contributed by atoms with van der Waals surface area (Å²) in [6.07, 6.45) is 4.54. The van der Waals surface area contributed by atoms with Crippen LogP contribution in [0.5, 0.6) is 0 Å². The van der Waals surface area contributed by atoms with Gasteiger partial charge in [0.05, 0.1) is 0 Å². The molecule has 0 heterocycles. The maximum Gasteiger partial charge on any atom is -0.0175 e. The summed E-state index contributed by atoms with van der Waals surface area (Å²) >= 11 is 0. The third kappa shape index (κ3) is 9.88. The molecule has 0 aromatic carbocycles. The molecule has 0 aliphatic rings. The van der Waals surface area contributed by atoms with Crippen molar-refractivity contribution in [2.24, 2.45) is 0 Å². The van der Waals surface area contributed by atoms with Crippen molar-refractivity contribution >= 4 is 0 Å². The van der Waals surface area contributed by atoms with Crippen LogP contribution in [0.25, 0.3) is 0 Å². The smallest absolute Gasteiger partial charge is 0.0175 e. The Morgan fingerprint density at radius 3 is 1.50 bits per heavy atom. The zero-order valence-corrected chi connectivity index (χ0v) is 3.78. The number of allylic oxidation sites excluding steroid dienone is 2. The highest BCUT2D eigenvalue weighted by Gasteiger charge is 1.52. The maximum absolute atomic E-state index is 3.48. The van der Waals surface area contributed by atoms with E-state index in [1.54, 1.807) is 0 Å². The van der Waals surface area contributed by atoms with Crippen molar-refractivity contribution in [1.82, 2.24) is 0 Å². The summed E-state index contributed by atoms with van der Waals surface area (Å²) in [5.74, 6) is 0. The fourth-order valence-corrected chi connectivity index (χ4v) is 0.118. The molecule has 0 rings (SSSR count). The van der Waals surface area contributed by atoms with Gasteiger partial charge in [-0.05, 0) is 6.42 Å². The Balaban J connectivity index is 0. The lowest BCUT2D eigenvalue weighted by atomic mass is 10.4. The van der Waals surface area contributed by atoms with E-state index in [0.717, 1.165) is 6.42 Å². The summed E-state index contributed by atoms with van der Waals surface area (Å²) in [6, 6.07) is 0. The standard InChI is InChI=1S/C5H8.H2O/c1-3-5-4-2;/h3-4H,1-2,5H2;1H2. The molecule has 0 saturated heterocycles. The van der Waals surface area contributed by atoms with Crippen LogP contribution in [0.3, 0.4) is 0 Å². The van der Waals surface area contributed by atoms with E-state index in [4.69, 9.17) is 0 Å². The maximum atomic E-state index is 3.48. The van der Waals surface area contributed by atoms with E-state index in [2.05, 4.69) is 13.2 Å². The van der Waals surface area contributed by atoms with Crippen molar-refractivity contribution in [2.45, 2.75) is 6.42 Å². The molecule has 0 aromatic rings. The van der Waals surface area contributed by atoms with E-state index in [0.29, 0.717) is 0 Å². The fourth-order valence-electron chi connectivity index (χ4n) is 0.118. The summed E-state index contributed by atoms with van der Waals surface area (Å²) < 4.78 is 0. The van der Waals surface area contributed by atoms with Gasteiger partial charge in [0.2, 0.25) is 0 Å². The molecule has 0 unspecified atom stereocenters. The lowest BCUT2D eigenvalue weighted by Crippen LogP contribution is -1.43. The van der Waals surface area contributed by atoms with Crippen molar-refractivity contribution in [3.05, 3.63) is 25.3 Å². The first kappa shape index (κ1) is 9.06. The highest BCUT2D eigenvalue weighted by atomic mass is 16.0. The minimum atomic E-state index is 0. The van der Waals surface area contributed by atoms with Crippen LogP contribution in [0, 0.1) is 0 Å². The first-order valence-corrected chi connectivity index (χ1v) is 1.63. The van der Waals surface area contributed by atoms with Crippen molar-refractivity contribution < 1.29 is 5.48 Å². The van der Waals surface area contributed by atoms with Gasteiger partial charge in [-0.25, -0.2) is 0 Å².